The van der Waals surface area contributed by atoms with Gasteiger partial charge < -0.3 is 24.6 Å². The zero-order valence-corrected chi connectivity index (χ0v) is 16.5. The van der Waals surface area contributed by atoms with E-state index in [4.69, 9.17) is 9.47 Å². The van der Waals surface area contributed by atoms with E-state index in [1.807, 2.05) is 26.8 Å². The Hall–Kier alpha value is -2.02. The minimum Gasteiger partial charge on any atom is -0.490 e. The maximum atomic E-state index is 14.1. The maximum Gasteiger partial charge on any atom is 0.410 e. The van der Waals surface area contributed by atoms with Crippen molar-refractivity contribution in [1.29, 1.82) is 0 Å². The van der Waals surface area contributed by atoms with Crippen molar-refractivity contribution >= 4 is 11.8 Å². The summed E-state index contributed by atoms with van der Waals surface area (Å²) in [5.74, 6) is 0.275. The van der Waals surface area contributed by atoms with Gasteiger partial charge in [0.25, 0.3) is 0 Å². The molecule has 1 aromatic rings. The summed E-state index contributed by atoms with van der Waals surface area (Å²) in [4.78, 5) is 16.0. The number of ether oxygens (including phenoxy) is 2. The van der Waals surface area contributed by atoms with Crippen molar-refractivity contribution in [3.63, 3.8) is 0 Å². The molecule has 1 N–H and O–H groups in total. The highest BCUT2D eigenvalue weighted by Gasteiger charge is 2.26. The van der Waals surface area contributed by atoms with Gasteiger partial charge in [-0.1, -0.05) is 0 Å². The molecule has 0 bridgehead atoms. The quantitative estimate of drug-likeness (QED) is 0.875. The van der Waals surface area contributed by atoms with Crippen LogP contribution in [0.25, 0.3) is 0 Å². The van der Waals surface area contributed by atoms with Crippen LogP contribution < -0.4 is 15.0 Å². The molecule has 0 spiro atoms. The van der Waals surface area contributed by atoms with Gasteiger partial charge >= 0.3 is 6.09 Å². The van der Waals surface area contributed by atoms with Crippen LogP contribution in [-0.2, 0) is 4.74 Å². The number of anilines is 1. The number of hydrogen-bond donors (Lipinski definition) is 1. The number of carbonyl (C=O) groups is 1. The third-order valence-electron chi connectivity index (χ3n) is 4.74. The fourth-order valence-corrected chi connectivity index (χ4v) is 3.38. The highest BCUT2D eigenvalue weighted by Crippen LogP contribution is 2.26. The number of halogens is 1. The first-order valence-electron chi connectivity index (χ1n) is 9.71. The van der Waals surface area contributed by atoms with E-state index in [1.165, 1.54) is 12.1 Å². The standard InChI is InChI=1S/C20H30FN3O3/c1-20(2,3)27-19(25)24-10-8-23(9-11-24)16-12-15(21)13-18(14-16)26-17-4-6-22-7-5-17/h12-14,17,22H,4-11H2,1-3H3. The zero-order valence-electron chi connectivity index (χ0n) is 16.5. The molecule has 150 valence electrons. The topological polar surface area (TPSA) is 54.0 Å². The molecule has 0 saturated carbocycles. The van der Waals surface area contributed by atoms with Gasteiger partial charge in [-0.15, -0.1) is 0 Å². The van der Waals surface area contributed by atoms with Gasteiger partial charge in [-0.2, -0.15) is 0 Å². The lowest BCUT2D eigenvalue weighted by atomic mass is 10.1. The van der Waals surface area contributed by atoms with E-state index in [1.54, 1.807) is 4.90 Å². The predicted molar refractivity (Wildman–Crippen MR) is 103 cm³/mol. The molecule has 0 aromatic heterocycles. The van der Waals surface area contributed by atoms with Gasteiger partial charge in [-0.25, -0.2) is 9.18 Å². The molecule has 2 aliphatic rings. The number of rotatable bonds is 3. The average molecular weight is 379 g/mol. The normalized spacial score (nSPS) is 19.1. The van der Waals surface area contributed by atoms with Gasteiger partial charge in [0, 0.05) is 44.0 Å². The van der Waals surface area contributed by atoms with Crippen LogP contribution >= 0.6 is 0 Å². The molecule has 0 radical (unpaired) electrons. The van der Waals surface area contributed by atoms with E-state index in [0.29, 0.717) is 31.9 Å². The Labute approximate surface area is 160 Å². The third-order valence-corrected chi connectivity index (χ3v) is 4.74. The van der Waals surface area contributed by atoms with Crippen LogP contribution in [0, 0.1) is 5.82 Å². The molecule has 1 aromatic carbocycles. The second kappa shape index (κ2) is 8.33. The first kappa shape index (κ1) is 19.7. The van der Waals surface area contributed by atoms with Crippen molar-refractivity contribution < 1.29 is 18.7 Å². The molecule has 3 rings (SSSR count). The van der Waals surface area contributed by atoms with Gasteiger partial charge in [0.05, 0.1) is 0 Å². The van der Waals surface area contributed by atoms with E-state index in [0.717, 1.165) is 31.6 Å². The van der Waals surface area contributed by atoms with Crippen molar-refractivity contribution in [3.05, 3.63) is 24.0 Å². The molecule has 27 heavy (non-hydrogen) atoms. The smallest absolute Gasteiger partial charge is 0.410 e. The number of carbonyl (C=O) groups excluding carboxylic acids is 1. The minimum absolute atomic E-state index is 0.130. The molecular formula is C20H30FN3O3. The van der Waals surface area contributed by atoms with Gasteiger partial charge in [0.1, 0.15) is 23.3 Å². The summed E-state index contributed by atoms with van der Waals surface area (Å²) < 4.78 is 25.5. The number of piperazine rings is 1. The maximum absolute atomic E-state index is 14.1. The Bertz CT molecular complexity index is 648. The molecule has 2 heterocycles. The number of hydrogen-bond acceptors (Lipinski definition) is 5. The van der Waals surface area contributed by atoms with E-state index in [2.05, 4.69) is 10.2 Å². The van der Waals surface area contributed by atoms with Crippen molar-refractivity contribution in [2.24, 2.45) is 0 Å². The molecule has 2 aliphatic heterocycles. The lowest BCUT2D eigenvalue weighted by molar-refractivity contribution is 0.0240. The molecule has 0 aliphatic carbocycles. The number of nitrogens with one attached hydrogen (secondary N) is 1. The Morgan fingerprint density at radius 2 is 1.78 bits per heavy atom. The Morgan fingerprint density at radius 3 is 2.41 bits per heavy atom. The van der Waals surface area contributed by atoms with Crippen molar-refractivity contribution in [1.82, 2.24) is 10.2 Å². The first-order chi connectivity index (χ1) is 12.8. The molecule has 0 atom stereocenters. The largest absolute Gasteiger partial charge is 0.490 e. The van der Waals surface area contributed by atoms with Crippen LogP contribution in [0.1, 0.15) is 33.6 Å². The lowest BCUT2D eigenvalue weighted by Gasteiger charge is -2.37. The van der Waals surface area contributed by atoms with E-state index in [-0.39, 0.29) is 18.0 Å². The SMILES string of the molecule is CC(C)(C)OC(=O)N1CCN(c2cc(F)cc(OC3CCNCC3)c2)CC1. The van der Waals surface area contributed by atoms with Crippen LogP contribution in [0.5, 0.6) is 5.75 Å². The summed E-state index contributed by atoms with van der Waals surface area (Å²) in [5, 5.41) is 3.30. The predicted octanol–water partition coefficient (Wildman–Crippen LogP) is 3.01. The number of benzene rings is 1. The third kappa shape index (κ3) is 5.73. The Balaban J connectivity index is 1.59. The summed E-state index contributed by atoms with van der Waals surface area (Å²) in [7, 11) is 0. The summed E-state index contributed by atoms with van der Waals surface area (Å²) in [6.45, 7) is 9.81. The van der Waals surface area contributed by atoms with Gasteiger partial charge in [-0.3, -0.25) is 0 Å². The average Bonchev–Trinajstić information content (AvgIpc) is 2.61. The molecule has 0 unspecified atom stereocenters. The first-order valence-corrected chi connectivity index (χ1v) is 9.71. The van der Waals surface area contributed by atoms with Crippen LogP contribution in [0.15, 0.2) is 18.2 Å². The molecule has 2 saturated heterocycles. The van der Waals surface area contributed by atoms with Crippen LogP contribution in [0.3, 0.4) is 0 Å². The van der Waals surface area contributed by atoms with Gasteiger partial charge in [-0.05, 0) is 52.8 Å². The van der Waals surface area contributed by atoms with E-state index >= 15 is 0 Å². The Kier molecular flexibility index (Phi) is 6.09. The van der Waals surface area contributed by atoms with Gasteiger partial charge in [0.15, 0.2) is 0 Å². The summed E-state index contributed by atoms with van der Waals surface area (Å²) in [6, 6.07) is 4.87. The Morgan fingerprint density at radius 1 is 1.11 bits per heavy atom. The van der Waals surface area contributed by atoms with Crippen molar-refractivity contribution in [2.75, 3.05) is 44.2 Å². The molecule has 7 heteroatoms. The number of piperidine rings is 1. The second-order valence-corrected chi connectivity index (χ2v) is 8.17. The zero-order chi connectivity index (χ0) is 19.4. The van der Waals surface area contributed by atoms with Crippen LogP contribution in [-0.4, -0.2) is 62.0 Å². The lowest BCUT2D eigenvalue weighted by Crippen LogP contribution is -2.50. The molecule has 1 amide bonds. The molecule has 2 fully saturated rings. The fourth-order valence-electron chi connectivity index (χ4n) is 3.38. The summed E-state index contributed by atoms with van der Waals surface area (Å²) in [5.41, 5.74) is 0.292. The van der Waals surface area contributed by atoms with E-state index in [9.17, 15) is 9.18 Å². The fraction of sp³-hybridized carbons (Fsp3) is 0.650. The van der Waals surface area contributed by atoms with Crippen molar-refractivity contribution in [3.8, 4) is 5.75 Å². The number of amides is 1. The monoisotopic (exact) mass is 379 g/mol. The molecular weight excluding hydrogens is 349 g/mol. The van der Waals surface area contributed by atoms with Gasteiger partial charge in [0.2, 0.25) is 0 Å². The summed E-state index contributed by atoms with van der Waals surface area (Å²) >= 11 is 0. The highest BCUT2D eigenvalue weighted by molar-refractivity contribution is 5.68. The van der Waals surface area contributed by atoms with Crippen LogP contribution in [0.4, 0.5) is 14.9 Å². The van der Waals surface area contributed by atoms with Crippen molar-refractivity contribution in [2.45, 2.75) is 45.3 Å². The molecule has 6 nitrogen and oxygen atoms in total. The number of nitrogens with zero attached hydrogens (tertiary/aromatic N) is 2. The summed E-state index contributed by atoms with van der Waals surface area (Å²) in [6.07, 6.45) is 1.70. The second-order valence-electron chi connectivity index (χ2n) is 8.17. The van der Waals surface area contributed by atoms with Crippen LogP contribution in [0.2, 0.25) is 0 Å². The minimum atomic E-state index is -0.502. The van der Waals surface area contributed by atoms with E-state index < -0.39 is 5.60 Å². The highest BCUT2D eigenvalue weighted by atomic mass is 19.1.